The first-order valence-corrected chi connectivity index (χ1v) is 18.0. The molecular weight excluding hydrogens is 621 g/mol. The van der Waals surface area contributed by atoms with Crippen LogP contribution in [0.25, 0.3) is 16.7 Å². The van der Waals surface area contributed by atoms with E-state index in [9.17, 15) is 10.2 Å². The maximum atomic E-state index is 11.8. The summed E-state index contributed by atoms with van der Waals surface area (Å²) in [4.78, 5) is 1.50. The summed E-state index contributed by atoms with van der Waals surface area (Å²) in [7, 11) is 0. The molecule has 0 saturated carbocycles. The van der Waals surface area contributed by atoms with Gasteiger partial charge in [-0.3, -0.25) is 0 Å². The molecule has 4 rings (SSSR count). The van der Waals surface area contributed by atoms with E-state index in [0.717, 1.165) is 53.1 Å². The van der Waals surface area contributed by atoms with Crippen molar-refractivity contribution in [3.05, 3.63) is 82.9 Å². The Hall–Kier alpha value is -4.17. The van der Waals surface area contributed by atoms with Crippen LogP contribution in [-0.2, 0) is 17.3 Å². The van der Waals surface area contributed by atoms with Crippen LogP contribution < -0.4 is 11.0 Å². The molecule has 3 aromatic carbocycles. The number of hydrazone groups is 1. The first kappa shape index (κ1) is 40.3. The lowest BCUT2D eigenvalue weighted by Crippen LogP contribution is -2.29. The van der Waals surface area contributed by atoms with E-state index in [1.54, 1.807) is 0 Å². The van der Waals surface area contributed by atoms with Crippen molar-refractivity contribution < 1.29 is 10.2 Å². The van der Waals surface area contributed by atoms with E-state index >= 15 is 0 Å². The number of aromatic nitrogens is 3. The highest BCUT2D eigenvalue weighted by Crippen LogP contribution is 2.43. The highest BCUT2D eigenvalue weighted by atomic mass is 16.3. The number of phenolic OH excluding ortho intramolecular Hbond substituents is 2. The zero-order valence-electron chi connectivity index (χ0n) is 32.9. The fourth-order valence-corrected chi connectivity index (χ4v) is 6.18. The number of phenols is 2. The summed E-state index contributed by atoms with van der Waals surface area (Å²) in [6.45, 7) is 28.1. The zero-order chi connectivity index (χ0) is 37.6. The molecule has 0 bridgehead atoms. The van der Waals surface area contributed by atoms with E-state index in [1.165, 1.54) is 9.91 Å². The smallest absolute Gasteiger partial charge is 0.146 e. The Morgan fingerprint density at radius 1 is 0.880 bits per heavy atom. The summed E-state index contributed by atoms with van der Waals surface area (Å²) in [5.74, 6) is 7.52. The maximum Gasteiger partial charge on any atom is 0.146 e. The number of nitrogens with two attached hydrogens (primary N) is 1. The molecule has 8 heteroatoms. The van der Waals surface area contributed by atoms with Crippen LogP contribution in [0.1, 0.15) is 132 Å². The van der Waals surface area contributed by atoms with E-state index in [4.69, 9.17) is 5.84 Å². The fraction of sp³-hybridized carbons (Fsp3) is 0.500. The average molecular weight is 683 g/mol. The molecule has 0 aliphatic rings. The Morgan fingerprint density at radius 3 is 1.92 bits per heavy atom. The van der Waals surface area contributed by atoms with Gasteiger partial charge in [0.25, 0.3) is 0 Å². The fourth-order valence-electron chi connectivity index (χ4n) is 6.18. The van der Waals surface area contributed by atoms with Crippen LogP contribution in [0.15, 0.2) is 65.8 Å². The molecule has 0 fully saturated rings. The lowest BCUT2D eigenvalue weighted by molar-refractivity contribution is 0.284. The Kier molecular flexibility index (Phi) is 13.1. The number of anilines is 1. The minimum absolute atomic E-state index is 0.0305. The van der Waals surface area contributed by atoms with Crippen LogP contribution in [0.4, 0.5) is 5.69 Å². The average Bonchev–Trinajstić information content (AvgIpc) is 3.41. The summed E-state index contributed by atoms with van der Waals surface area (Å²) in [6, 6.07) is 15.6. The van der Waals surface area contributed by atoms with E-state index in [-0.39, 0.29) is 34.2 Å². The van der Waals surface area contributed by atoms with Crippen LogP contribution in [0.2, 0.25) is 0 Å². The first-order chi connectivity index (χ1) is 23.2. The SMILES string of the molecule is C/C=C\C(CCC)=N\N(N)c1cc(C(C)(C)CC(C)(C)C)cc(Cc2cc(C(C)(C)C)cc(-n3nc4ccccc4n3)c2O)c1O.CC(C)C. The first-order valence-electron chi connectivity index (χ1n) is 18.0. The number of hydrazine groups is 1. The maximum absolute atomic E-state index is 11.8. The van der Waals surface area contributed by atoms with Crippen molar-refractivity contribution in [3.8, 4) is 17.2 Å². The number of fused-ring (bicyclic) bond motifs is 1. The van der Waals surface area contributed by atoms with Crippen molar-refractivity contribution >= 4 is 22.4 Å². The van der Waals surface area contributed by atoms with Crippen molar-refractivity contribution in [2.24, 2.45) is 22.3 Å². The second-order valence-electron chi connectivity index (χ2n) is 17.0. The summed E-state index contributed by atoms with van der Waals surface area (Å²) < 4.78 is 0. The molecule has 1 aromatic heterocycles. The van der Waals surface area contributed by atoms with Crippen molar-refractivity contribution in [1.29, 1.82) is 0 Å². The van der Waals surface area contributed by atoms with E-state index in [0.29, 0.717) is 22.5 Å². The van der Waals surface area contributed by atoms with Crippen LogP contribution in [-0.4, -0.2) is 30.9 Å². The Balaban J connectivity index is 0.00000160. The van der Waals surface area contributed by atoms with Gasteiger partial charge in [0.2, 0.25) is 0 Å². The number of aromatic hydroxyl groups is 2. The van der Waals surface area contributed by atoms with Gasteiger partial charge < -0.3 is 10.2 Å². The third kappa shape index (κ3) is 10.7. The van der Waals surface area contributed by atoms with Crippen molar-refractivity contribution in [2.75, 3.05) is 5.12 Å². The molecule has 4 N–H and O–H groups in total. The molecule has 0 amide bonds. The van der Waals surface area contributed by atoms with Gasteiger partial charge in [0.1, 0.15) is 33.9 Å². The van der Waals surface area contributed by atoms with Crippen molar-refractivity contribution in [2.45, 2.75) is 127 Å². The lowest BCUT2D eigenvalue weighted by Gasteiger charge is -2.34. The highest BCUT2D eigenvalue weighted by molar-refractivity contribution is 5.95. The molecule has 8 nitrogen and oxygen atoms in total. The lowest BCUT2D eigenvalue weighted by atomic mass is 9.72. The number of rotatable bonds is 10. The second-order valence-corrected chi connectivity index (χ2v) is 17.0. The van der Waals surface area contributed by atoms with Gasteiger partial charge in [-0.1, -0.05) is 120 Å². The van der Waals surface area contributed by atoms with Crippen LogP contribution in [0.5, 0.6) is 11.5 Å². The number of benzene rings is 3. The molecule has 1 heterocycles. The van der Waals surface area contributed by atoms with Gasteiger partial charge in [-0.2, -0.15) is 10.2 Å². The van der Waals surface area contributed by atoms with E-state index in [1.807, 2.05) is 67.6 Å². The molecule has 4 aromatic rings. The third-order valence-corrected chi connectivity index (χ3v) is 8.19. The summed E-state index contributed by atoms with van der Waals surface area (Å²) in [6.07, 6.45) is 6.73. The van der Waals surface area contributed by atoms with Crippen LogP contribution in [0.3, 0.4) is 0 Å². The molecule has 0 saturated heterocycles. The predicted octanol–water partition coefficient (Wildman–Crippen LogP) is 10.5. The van der Waals surface area contributed by atoms with Gasteiger partial charge >= 0.3 is 0 Å². The standard InChI is InChI=1S/C38H52N6O2.C4H10/c1-11-15-29(16-12-2)40-43(39)32-23-28(38(9,10)24-36(3,4)5)21-26(34(32)45)19-25-20-27(37(6,7)8)22-33(35(25)46)44-41-30-17-13-14-18-31(30)42-44;1-4(2)3/h11,13-15,17-18,20-23,45-46H,12,16,19,24,39H2,1-10H3;4H,1-3H3/b15-11-,40-29-;. The van der Waals surface area contributed by atoms with Gasteiger partial charge in [-0.05, 0) is 83.4 Å². The molecular formula is C42H62N6O2. The monoisotopic (exact) mass is 682 g/mol. The Labute approximate surface area is 301 Å². The van der Waals surface area contributed by atoms with Gasteiger partial charge in [0.15, 0.2) is 0 Å². The normalized spacial score (nSPS) is 12.9. The summed E-state index contributed by atoms with van der Waals surface area (Å²) >= 11 is 0. The molecule has 0 atom stereocenters. The van der Waals surface area contributed by atoms with Gasteiger partial charge in [0, 0.05) is 17.5 Å². The number of hydrogen-bond donors (Lipinski definition) is 3. The molecule has 50 heavy (non-hydrogen) atoms. The molecule has 0 aliphatic carbocycles. The topological polar surface area (TPSA) is 113 Å². The van der Waals surface area contributed by atoms with E-state index < -0.39 is 0 Å². The Morgan fingerprint density at radius 2 is 1.42 bits per heavy atom. The van der Waals surface area contributed by atoms with Gasteiger partial charge in [-0.15, -0.1) is 15.0 Å². The van der Waals surface area contributed by atoms with Crippen molar-refractivity contribution in [3.63, 3.8) is 0 Å². The second kappa shape index (κ2) is 16.2. The predicted molar refractivity (Wildman–Crippen MR) is 212 cm³/mol. The zero-order valence-corrected chi connectivity index (χ0v) is 32.9. The van der Waals surface area contributed by atoms with E-state index in [2.05, 4.69) is 98.4 Å². The number of hydrogen-bond acceptors (Lipinski definition) is 7. The minimum atomic E-state index is -0.241. The molecule has 0 radical (unpaired) electrons. The van der Waals surface area contributed by atoms with Crippen LogP contribution in [0, 0.1) is 11.3 Å². The number of nitrogens with zero attached hydrogens (tertiary/aromatic N) is 5. The molecule has 0 spiro atoms. The van der Waals surface area contributed by atoms with Gasteiger partial charge in [-0.25, -0.2) is 5.84 Å². The number of allylic oxidation sites excluding steroid dienone is 2. The molecule has 0 aliphatic heterocycles. The molecule has 272 valence electrons. The molecule has 0 unspecified atom stereocenters. The summed E-state index contributed by atoms with van der Waals surface area (Å²) in [5, 5.41) is 38.9. The largest absolute Gasteiger partial charge is 0.505 e. The summed E-state index contributed by atoms with van der Waals surface area (Å²) in [5.41, 5.74) is 6.17. The highest BCUT2D eigenvalue weighted by Gasteiger charge is 2.30. The third-order valence-electron chi connectivity index (χ3n) is 8.19. The van der Waals surface area contributed by atoms with Crippen molar-refractivity contribution in [1.82, 2.24) is 15.0 Å². The minimum Gasteiger partial charge on any atom is -0.505 e. The quantitative estimate of drug-likeness (QED) is 0.0872. The van der Waals surface area contributed by atoms with Gasteiger partial charge in [0.05, 0.1) is 5.71 Å². The Bertz CT molecular complexity index is 1770. The van der Waals surface area contributed by atoms with Crippen LogP contribution >= 0.6 is 0 Å².